The van der Waals surface area contributed by atoms with E-state index in [-0.39, 0.29) is 5.92 Å². The van der Waals surface area contributed by atoms with Crippen LogP contribution in [0.25, 0.3) is 11.4 Å². The molecule has 102 valence electrons. The van der Waals surface area contributed by atoms with Crippen molar-refractivity contribution in [1.82, 2.24) is 25.0 Å². The fraction of sp³-hybridized carbons (Fsp3) is 0.538. The Balaban J connectivity index is 2.48. The molecule has 6 nitrogen and oxygen atoms in total. The van der Waals surface area contributed by atoms with Gasteiger partial charge in [0.25, 0.3) is 0 Å². The molecule has 0 aliphatic heterocycles. The first kappa shape index (κ1) is 13.5. The first-order valence-electron chi connectivity index (χ1n) is 6.61. The Kier molecular flexibility index (Phi) is 4.09. The number of nitrogens with one attached hydrogen (secondary N) is 1. The summed E-state index contributed by atoms with van der Waals surface area (Å²) in [5.41, 5.74) is 1.80. The summed E-state index contributed by atoms with van der Waals surface area (Å²) in [5, 5.41) is 11.2. The zero-order chi connectivity index (χ0) is 13.8. The zero-order valence-corrected chi connectivity index (χ0v) is 11.9. The number of aromatic nitrogens is 5. The second-order valence-corrected chi connectivity index (χ2v) is 4.74. The minimum atomic E-state index is 0.280. The molecule has 0 radical (unpaired) electrons. The van der Waals surface area contributed by atoms with Gasteiger partial charge in [0, 0.05) is 25.6 Å². The van der Waals surface area contributed by atoms with Gasteiger partial charge in [0.15, 0.2) is 0 Å². The van der Waals surface area contributed by atoms with Crippen LogP contribution in [0.5, 0.6) is 0 Å². The summed E-state index contributed by atoms with van der Waals surface area (Å²) in [6.07, 6.45) is 2.76. The van der Waals surface area contributed by atoms with Crippen LogP contribution in [0.1, 0.15) is 38.9 Å². The molecule has 0 aromatic carbocycles. The van der Waals surface area contributed by atoms with Crippen LogP contribution in [0.3, 0.4) is 0 Å². The third-order valence-corrected chi connectivity index (χ3v) is 2.83. The molecule has 2 aromatic rings. The van der Waals surface area contributed by atoms with Gasteiger partial charge in [-0.2, -0.15) is 0 Å². The van der Waals surface area contributed by atoms with Crippen molar-refractivity contribution in [2.24, 2.45) is 0 Å². The molecule has 1 N–H and O–H groups in total. The monoisotopic (exact) mass is 260 g/mol. The van der Waals surface area contributed by atoms with Gasteiger partial charge in [-0.05, 0) is 6.42 Å². The molecule has 2 rings (SSSR count). The van der Waals surface area contributed by atoms with Crippen LogP contribution in [0.4, 0.5) is 5.82 Å². The lowest BCUT2D eigenvalue weighted by atomic mass is 10.2. The maximum absolute atomic E-state index is 4.61. The fourth-order valence-electron chi connectivity index (χ4n) is 1.82. The molecular weight excluding hydrogens is 240 g/mol. The smallest absolute Gasteiger partial charge is 0.134 e. The number of rotatable bonds is 5. The average Bonchev–Trinajstić information content (AvgIpc) is 2.87. The fourth-order valence-corrected chi connectivity index (χ4v) is 1.82. The van der Waals surface area contributed by atoms with Crippen LogP contribution in [0, 0.1) is 0 Å². The third-order valence-electron chi connectivity index (χ3n) is 2.83. The topological polar surface area (TPSA) is 68.5 Å². The van der Waals surface area contributed by atoms with Crippen LogP contribution >= 0.6 is 0 Å². The molecular formula is C13H20N6. The van der Waals surface area contributed by atoms with Crippen LogP contribution in [0.2, 0.25) is 0 Å². The highest BCUT2D eigenvalue weighted by Gasteiger charge is 2.12. The van der Waals surface area contributed by atoms with E-state index in [1.807, 2.05) is 17.8 Å². The van der Waals surface area contributed by atoms with Gasteiger partial charge in [0.1, 0.15) is 17.3 Å². The van der Waals surface area contributed by atoms with E-state index < -0.39 is 0 Å². The quantitative estimate of drug-likeness (QED) is 0.893. The first-order valence-corrected chi connectivity index (χ1v) is 6.61. The molecule has 0 spiro atoms. The number of aryl methyl sites for hydroxylation is 1. The van der Waals surface area contributed by atoms with Crippen molar-refractivity contribution in [3.63, 3.8) is 0 Å². The molecule has 19 heavy (non-hydrogen) atoms. The molecule has 0 aliphatic carbocycles. The Morgan fingerprint density at radius 1 is 1.32 bits per heavy atom. The largest absolute Gasteiger partial charge is 0.373 e. The summed E-state index contributed by atoms with van der Waals surface area (Å²) in [5.74, 6) is 1.92. The van der Waals surface area contributed by atoms with Crippen LogP contribution in [-0.2, 0) is 6.54 Å². The molecule has 2 aromatic heterocycles. The van der Waals surface area contributed by atoms with Crippen molar-refractivity contribution in [2.45, 2.75) is 39.7 Å². The summed E-state index contributed by atoms with van der Waals surface area (Å²) in [4.78, 5) is 9.08. The summed E-state index contributed by atoms with van der Waals surface area (Å²) in [6.45, 7) is 7.12. The van der Waals surface area contributed by atoms with Crippen LogP contribution in [0.15, 0.2) is 12.3 Å². The SMILES string of the molecule is CCCn1nncc1-c1cc(NC)nc(C(C)C)n1. The summed E-state index contributed by atoms with van der Waals surface area (Å²) < 4.78 is 1.88. The second kappa shape index (κ2) is 5.77. The van der Waals surface area contributed by atoms with Gasteiger partial charge < -0.3 is 5.32 Å². The Bertz CT molecular complexity index is 546. The average molecular weight is 260 g/mol. The molecule has 0 amide bonds. The number of hydrogen-bond donors (Lipinski definition) is 1. The van der Waals surface area contributed by atoms with Crippen molar-refractivity contribution in [2.75, 3.05) is 12.4 Å². The van der Waals surface area contributed by atoms with Gasteiger partial charge in [-0.1, -0.05) is 26.0 Å². The third kappa shape index (κ3) is 2.89. The van der Waals surface area contributed by atoms with Gasteiger partial charge in [0.05, 0.1) is 11.9 Å². The summed E-state index contributed by atoms with van der Waals surface area (Å²) >= 11 is 0. The van der Waals surface area contributed by atoms with E-state index in [1.54, 1.807) is 6.20 Å². The lowest BCUT2D eigenvalue weighted by Crippen LogP contribution is -2.06. The van der Waals surface area contributed by atoms with E-state index in [4.69, 9.17) is 0 Å². The molecule has 6 heteroatoms. The summed E-state index contributed by atoms with van der Waals surface area (Å²) in [7, 11) is 1.86. The van der Waals surface area contributed by atoms with E-state index in [0.29, 0.717) is 0 Å². The maximum Gasteiger partial charge on any atom is 0.134 e. The Morgan fingerprint density at radius 2 is 2.11 bits per heavy atom. The normalized spacial score (nSPS) is 11.0. The Hall–Kier alpha value is -1.98. The summed E-state index contributed by atoms with van der Waals surface area (Å²) in [6, 6.07) is 1.93. The highest BCUT2D eigenvalue weighted by Crippen LogP contribution is 2.21. The molecule has 0 aliphatic rings. The van der Waals surface area contributed by atoms with E-state index in [9.17, 15) is 0 Å². The highest BCUT2D eigenvalue weighted by molar-refractivity contribution is 5.58. The van der Waals surface area contributed by atoms with E-state index >= 15 is 0 Å². The lowest BCUT2D eigenvalue weighted by molar-refractivity contribution is 0.583. The van der Waals surface area contributed by atoms with Gasteiger partial charge in [-0.25, -0.2) is 14.6 Å². The minimum Gasteiger partial charge on any atom is -0.373 e. The predicted octanol–water partition coefficient (Wildman–Crippen LogP) is 2.31. The second-order valence-electron chi connectivity index (χ2n) is 4.74. The molecule has 0 unspecified atom stereocenters. The van der Waals surface area contributed by atoms with E-state index in [2.05, 4.69) is 46.4 Å². The molecule has 0 fully saturated rings. The van der Waals surface area contributed by atoms with Crippen LogP contribution in [-0.4, -0.2) is 32.0 Å². The standard InChI is InChI=1S/C13H20N6/c1-5-6-19-11(8-15-18-19)10-7-12(14-4)17-13(16-10)9(2)3/h7-9H,5-6H2,1-4H3,(H,14,16,17). The molecule has 0 atom stereocenters. The minimum absolute atomic E-state index is 0.280. The lowest BCUT2D eigenvalue weighted by Gasteiger charge is -2.10. The van der Waals surface area contributed by atoms with E-state index in [1.165, 1.54) is 0 Å². The molecule has 0 bridgehead atoms. The zero-order valence-electron chi connectivity index (χ0n) is 11.9. The predicted molar refractivity (Wildman–Crippen MR) is 75.0 cm³/mol. The molecule has 0 saturated carbocycles. The number of hydrogen-bond acceptors (Lipinski definition) is 5. The van der Waals surface area contributed by atoms with Gasteiger partial charge in [-0.15, -0.1) is 5.10 Å². The van der Waals surface area contributed by atoms with Gasteiger partial charge >= 0.3 is 0 Å². The van der Waals surface area contributed by atoms with Gasteiger partial charge in [0.2, 0.25) is 0 Å². The Labute approximate surface area is 113 Å². The van der Waals surface area contributed by atoms with Crippen LogP contribution < -0.4 is 5.32 Å². The Morgan fingerprint density at radius 3 is 2.74 bits per heavy atom. The van der Waals surface area contributed by atoms with Crippen molar-refractivity contribution in [3.05, 3.63) is 18.1 Å². The number of nitrogens with zero attached hydrogens (tertiary/aromatic N) is 5. The van der Waals surface area contributed by atoms with Crippen molar-refractivity contribution in [3.8, 4) is 11.4 Å². The van der Waals surface area contributed by atoms with Gasteiger partial charge in [-0.3, -0.25) is 0 Å². The van der Waals surface area contributed by atoms with Crippen molar-refractivity contribution in [1.29, 1.82) is 0 Å². The first-order chi connectivity index (χ1) is 9.15. The highest BCUT2D eigenvalue weighted by atomic mass is 15.4. The van der Waals surface area contributed by atoms with Crippen molar-refractivity contribution >= 4 is 5.82 Å². The molecule has 0 saturated heterocycles. The van der Waals surface area contributed by atoms with Crippen molar-refractivity contribution < 1.29 is 0 Å². The van der Waals surface area contributed by atoms with E-state index in [0.717, 1.165) is 36.0 Å². The number of anilines is 1. The maximum atomic E-state index is 4.61. The molecule has 2 heterocycles.